The summed E-state index contributed by atoms with van der Waals surface area (Å²) in [7, 11) is 0. The number of nitrogens with zero attached hydrogens (tertiary/aromatic N) is 2. The zero-order valence-electron chi connectivity index (χ0n) is 16.1. The van der Waals surface area contributed by atoms with E-state index in [2.05, 4.69) is 14.9 Å². The lowest BCUT2D eigenvalue weighted by Gasteiger charge is -2.40. The normalized spacial score (nSPS) is 15.3. The number of nitrogens with one attached hydrogen (secondary N) is 1. The molecule has 4 rings (SSSR count). The Kier molecular flexibility index (Phi) is 5.30. The van der Waals surface area contributed by atoms with Gasteiger partial charge in [0.15, 0.2) is 0 Å². The number of fused-ring (bicyclic) bond motifs is 1. The van der Waals surface area contributed by atoms with Crippen molar-refractivity contribution in [2.45, 2.75) is 25.7 Å². The largest absolute Gasteiger partial charge is 0.573 e. The van der Waals surface area contributed by atoms with Crippen LogP contribution in [-0.4, -0.2) is 45.6 Å². The number of likely N-dealkylation sites (tertiary alicyclic amines) is 1. The van der Waals surface area contributed by atoms with E-state index in [9.17, 15) is 27.5 Å². The number of carboxylic acid groups (broad SMARTS) is 1. The van der Waals surface area contributed by atoms with Crippen LogP contribution in [0.15, 0.2) is 24.3 Å². The number of H-pyrrole nitrogens is 1. The summed E-state index contributed by atoms with van der Waals surface area (Å²) in [6, 6.07) is 4.94. The van der Waals surface area contributed by atoms with Crippen LogP contribution < -0.4 is 4.74 Å². The molecule has 1 fully saturated rings. The molecule has 2 heterocycles. The summed E-state index contributed by atoms with van der Waals surface area (Å²) in [6.07, 6.45) is -4.83. The third-order valence-electron chi connectivity index (χ3n) is 5.17. The Morgan fingerprint density at radius 1 is 1.32 bits per heavy atom. The lowest BCUT2D eigenvalue weighted by Crippen LogP contribution is -2.45. The van der Waals surface area contributed by atoms with Gasteiger partial charge in [0.2, 0.25) is 0 Å². The van der Waals surface area contributed by atoms with Crippen LogP contribution in [0.25, 0.3) is 10.9 Å². The van der Waals surface area contributed by atoms with Crippen LogP contribution in [0, 0.1) is 12.7 Å². The predicted molar refractivity (Wildman–Crippen MR) is 104 cm³/mol. The lowest BCUT2D eigenvalue weighted by atomic mass is 9.84. The molecule has 0 unspecified atom stereocenters. The van der Waals surface area contributed by atoms with Gasteiger partial charge in [-0.25, -0.2) is 9.18 Å². The Hall–Kier alpha value is -2.85. The van der Waals surface area contributed by atoms with Crippen molar-refractivity contribution < 1.29 is 32.2 Å². The number of hydrogen-bond acceptors (Lipinski definition) is 4. The van der Waals surface area contributed by atoms with Gasteiger partial charge in [-0.05, 0) is 36.2 Å². The maximum atomic E-state index is 14.5. The van der Waals surface area contributed by atoms with Crippen molar-refractivity contribution in [1.29, 1.82) is 0 Å². The Balaban J connectivity index is 1.57. The first-order valence-electron chi connectivity index (χ1n) is 9.19. The number of aromatic nitrogens is 2. The molecule has 0 aliphatic carbocycles. The zero-order valence-corrected chi connectivity index (χ0v) is 16.8. The van der Waals surface area contributed by atoms with Gasteiger partial charge in [-0.3, -0.25) is 10.00 Å². The number of hydrogen-bond donors (Lipinski definition) is 2. The lowest BCUT2D eigenvalue weighted by molar-refractivity contribution is -0.274. The van der Waals surface area contributed by atoms with Gasteiger partial charge in [0.1, 0.15) is 11.6 Å². The third kappa shape index (κ3) is 4.31. The smallest absolute Gasteiger partial charge is 0.478 e. The van der Waals surface area contributed by atoms with Crippen molar-refractivity contribution in [3.05, 3.63) is 57.5 Å². The van der Waals surface area contributed by atoms with E-state index in [1.165, 1.54) is 12.1 Å². The Labute approximate surface area is 178 Å². The number of ether oxygens (including phenoxy) is 1. The number of alkyl halides is 3. The molecule has 3 aromatic rings. The average molecular weight is 458 g/mol. The molecule has 31 heavy (non-hydrogen) atoms. The molecule has 2 aromatic carbocycles. The van der Waals surface area contributed by atoms with Crippen molar-refractivity contribution in [2.24, 2.45) is 0 Å². The maximum absolute atomic E-state index is 14.5. The molecule has 0 atom stereocenters. The minimum atomic E-state index is -4.83. The van der Waals surface area contributed by atoms with Gasteiger partial charge in [0, 0.05) is 47.7 Å². The van der Waals surface area contributed by atoms with Crippen molar-refractivity contribution in [3.8, 4) is 5.75 Å². The fraction of sp³-hybridized carbons (Fsp3) is 0.300. The SMILES string of the molecule is Cc1[nH]nc2cc(F)c(C(=O)O)c(C3CN(Cc4cc(Cl)cc(OC(F)(F)F)c4)C3)c12. The average Bonchev–Trinajstić information content (AvgIpc) is 2.95. The molecule has 0 bridgehead atoms. The van der Waals surface area contributed by atoms with Crippen molar-refractivity contribution in [3.63, 3.8) is 0 Å². The van der Waals surface area contributed by atoms with Gasteiger partial charge in [-0.2, -0.15) is 5.10 Å². The first kappa shape index (κ1) is 21.4. The van der Waals surface area contributed by atoms with Crippen LogP contribution in [0.4, 0.5) is 17.6 Å². The topological polar surface area (TPSA) is 78.5 Å². The predicted octanol–water partition coefficient (Wildman–Crippen LogP) is 4.86. The summed E-state index contributed by atoms with van der Waals surface area (Å²) in [5.41, 5.74) is 1.47. The highest BCUT2D eigenvalue weighted by Crippen LogP contribution is 2.38. The van der Waals surface area contributed by atoms with Gasteiger partial charge in [0.05, 0.1) is 11.1 Å². The molecule has 0 radical (unpaired) electrons. The van der Waals surface area contributed by atoms with E-state index in [1.54, 1.807) is 6.92 Å². The molecule has 6 nitrogen and oxygen atoms in total. The summed E-state index contributed by atoms with van der Waals surface area (Å²) in [4.78, 5) is 13.6. The molecule has 11 heteroatoms. The highest BCUT2D eigenvalue weighted by Gasteiger charge is 2.35. The van der Waals surface area contributed by atoms with Crippen LogP contribution >= 0.6 is 11.6 Å². The number of carboxylic acids is 1. The second-order valence-corrected chi connectivity index (χ2v) is 7.87. The fourth-order valence-electron chi connectivity index (χ4n) is 4.01. The van der Waals surface area contributed by atoms with Gasteiger partial charge in [-0.1, -0.05) is 11.6 Å². The first-order chi connectivity index (χ1) is 14.5. The van der Waals surface area contributed by atoms with E-state index >= 15 is 0 Å². The quantitative estimate of drug-likeness (QED) is 0.535. The molecule has 1 saturated heterocycles. The number of aromatic carboxylic acids is 1. The molecule has 0 saturated carbocycles. The fourth-order valence-corrected chi connectivity index (χ4v) is 4.26. The molecule has 164 valence electrons. The van der Waals surface area contributed by atoms with Crippen molar-refractivity contribution in [1.82, 2.24) is 15.1 Å². The molecule has 2 N–H and O–H groups in total. The molecule has 1 aliphatic heterocycles. The highest BCUT2D eigenvalue weighted by molar-refractivity contribution is 6.30. The van der Waals surface area contributed by atoms with Gasteiger partial charge >= 0.3 is 12.3 Å². The van der Waals surface area contributed by atoms with Crippen LogP contribution in [0.5, 0.6) is 5.75 Å². The molecule has 1 aliphatic rings. The van der Waals surface area contributed by atoms with Gasteiger partial charge in [-0.15, -0.1) is 13.2 Å². The molecular formula is C20H16ClF4N3O3. The van der Waals surface area contributed by atoms with E-state index in [0.29, 0.717) is 40.8 Å². The van der Waals surface area contributed by atoms with E-state index < -0.39 is 23.9 Å². The summed E-state index contributed by atoms with van der Waals surface area (Å²) < 4.78 is 55.9. The number of carbonyl (C=O) groups is 1. The number of halogens is 5. The van der Waals surface area contributed by atoms with E-state index in [4.69, 9.17) is 11.6 Å². The first-order valence-corrected chi connectivity index (χ1v) is 9.57. The van der Waals surface area contributed by atoms with Crippen molar-refractivity contribution in [2.75, 3.05) is 13.1 Å². The minimum Gasteiger partial charge on any atom is -0.478 e. The van der Waals surface area contributed by atoms with Crippen LogP contribution in [0.2, 0.25) is 5.02 Å². The second kappa shape index (κ2) is 7.69. The van der Waals surface area contributed by atoms with E-state index in [0.717, 1.165) is 12.1 Å². The Bertz CT molecular complexity index is 1170. The molecule has 0 spiro atoms. The molecular weight excluding hydrogens is 442 g/mol. The summed E-state index contributed by atoms with van der Waals surface area (Å²) in [5, 5.41) is 17.0. The highest BCUT2D eigenvalue weighted by atomic mass is 35.5. The summed E-state index contributed by atoms with van der Waals surface area (Å²) in [6.45, 7) is 2.79. The van der Waals surface area contributed by atoms with E-state index in [-0.39, 0.29) is 23.0 Å². The standard InChI is InChI=1S/C20H16ClF4N3O3/c1-9-16-15(27-26-9)5-14(22)18(19(29)30)17(16)11-7-28(8-11)6-10-2-12(21)4-13(3-10)31-20(23,24)25/h2-5,11H,6-8H2,1H3,(H,26,27)(H,29,30). The van der Waals surface area contributed by atoms with Crippen LogP contribution in [0.3, 0.4) is 0 Å². The summed E-state index contributed by atoms with van der Waals surface area (Å²) in [5.74, 6) is -2.91. The van der Waals surface area contributed by atoms with Gasteiger partial charge < -0.3 is 9.84 Å². The number of rotatable bonds is 5. The Morgan fingerprint density at radius 2 is 2.03 bits per heavy atom. The summed E-state index contributed by atoms with van der Waals surface area (Å²) >= 11 is 5.91. The van der Waals surface area contributed by atoms with Crippen LogP contribution in [-0.2, 0) is 6.54 Å². The molecule has 0 amide bonds. The third-order valence-corrected chi connectivity index (χ3v) is 5.38. The monoisotopic (exact) mass is 457 g/mol. The van der Waals surface area contributed by atoms with E-state index in [1.807, 2.05) is 4.90 Å². The van der Waals surface area contributed by atoms with Gasteiger partial charge in [0.25, 0.3) is 0 Å². The Morgan fingerprint density at radius 3 is 2.68 bits per heavy atom. The second-order valence-electron chi connectivity index (χ2n) is 7.43. The molecule has 1 aromatic heterocycles. The maximum Gasteiger partial charge on any atom is 0.573 e. The number of benzene rings is 2. The number of aryl methyl sites for hydroxylation is 1. The minimum absolute atomic E-state index is 0.0999. The number of aromatic amines is 1. The van der Waals surface area contributed by atoms with Crippen molar-refractivity contribution >= 4 is 28.5 Å². The zero-order chi connectivity index (χ0) is 22.5. The van der Waals surface area contributed by atoms with Crippen LogP contribution in [0.1, 0.15) is 33.1 Å².